The summed E-state index contributed by atoms with van der Waals surface area (Å²) in [6.45, 7) is 4.23. The molecule has 0 spiro atoms. The minimum Gasteiger partial charge on any atom is -0.497 e. The van der Waals surface area contributed by atoms with Crippen LogP contribution in [0.25, 0.3) is 6.08 Å². The molecule has 1 atom stereocenters. The summed E-state index contributed by atoms with van der Waals surface area (Å²) in [5.41, 5.74) is 3.36. The molecule has 2 heterocycles. The Morgan fingerprint density at radius 1 is 1.00 bits per heavy atom. The van der Waals surface area contributed by atoms with E-state index < -0.39 is 12.0 Å². The van der Waals surface area contributed by atoms with Crippen molar-refractivity contribution < 1.29 is 19.0 Å². The second-order valence-corrected chi connectivity index (χ2v) is 9.93. The summed E-state index contributed by atoms with van der Waals surface area (Å²) in [5.74, 6) is 0.937. The Morgan fingerprint density at radius 3 is 2.36 bits per heavy atom. The molecule has 8 heteroatoms. The number of thiazole rings is 1. The van der Waals surface area contributed by atoms with Gasteiger partial charge in [-0.05, 0) is 60.9 Å². The van der Waals surface area contributed by atoms with Gasteiger partial charge >= 0.3 is 5.97 Å². The van der Waals surface area contributed by atoms with Crippen molar-refractivity contribution >= 4 is 23.4 Å². The average Bonchev–Trinajstić information content (AvgIpc) is 3.26. The van der Waals surface area contributed by atoms with Gasteiger partial charge in [0.1, 0.15) is 18.1 Å². The first kappa shape index (κ1) is 26.2. The van der Waals surface area contributed by atoms with Gasteiger partial charge in [0.25, 0.3) is 5.56 Å². The molecule has 5 rings (SSSR count). The highest BCUT2D eigenvalue weighted by molar-refractivity contribution is 7.07. The first-order valence-corrected chi connectivity index (χ1v) is 13.4. The van der Waals surface area contributed by atoms with Gasteiger partial charge in [0.2, 0.25) is 0 Å². The van der Waals surface area contributed by atoms with Crippen LogP contribution in [0.2, 0.25) is 0 Å². The van der Waals surface area contributed by atoms with E-state index in [1.54, 1.807) is 25.5 Å². The molecule has 0 N–H and O–H groups in total. The lowest BCUT2D eigenvalue weighted by Crippen LogP contribution is -2.39. The zero-order valence-electron chi connectivity index (χ0n) is 21.9. The summed E-state index contributed by atoms with van der Waals surface area (Å²) in [6.07, 6.45) is 1.83. The Bertz CT molecular complexity index is 1690. The van der Waals surface area contributed by atoms with E-state index in [1.165, 1.54) is 11.3 Å². The maximum absolute atomic E-state index is 13.7. The van der Waals surface area contributed by atoms with Crippen molar-refractivity contribution in [2.24, 2.45) is 4.99 Å². The normalized spacial score (nSPS) is 14.9. The highest BCUT2D eigenvalue weighted by Gasteiger charge is 2.33. The van der Waals surface area contributed by atoms with Crippen LogP contribution in [0, 0.1) is 0 Å². The van der Waals surface area contributed by atoms with Crippen LogP contribution in [0.5, 0.6) is 11.5 Å². The van der Waals surface area contributed by atoms with E-state index in [-0.39, 0.29) is 12.2 Å². The van der Waals surface area contributed by atoms with Crippen molar-refractivity contribution in [1.29, 1.82) is 0 Å². The molecule has 0 bridgehead atoms. The van der Waals surface area contributed by atoms with E-state index in [0.29, 0.717) is 33.0 Å². The van der Waals surface area contributed by atoms with Crippen molar-refractivity contribution in [3.63, 3.8) is 0 Å². The number of hydrogen-bond acceptors (Lipinski definition) is 7. The molecule has 1 aliphatic rings. The molecule has 3 aromatic carbocycles. The number of carbonyl (C=O) groups excluding carboxylic acids is 1. The SMILES string of the molecule is CCOC(=O)C1=C(C)N=c2s/c(=C\c3ccc(OCc4ccccc4)cc3)c(=O)n2[C@H]1c1ccc(OC)cc1. The molecular weight excluding hydrogens is 512 g/mol. The highest BCUT2D eigenvalue weighted by atomic mass is 32.1. The number of nitrogens with zero attached hydrogens (tertiary/aromatic N) is 2. The maximum Gasteiger partial charge on any atom is 0.338 e. The minimum atomic E-state index is -0.665. The van der Waals surface area contributed by atoms with E-state index in [1.807, 2.05) is 84.9 Å². The molecule has 7 nitrogen and oxygen atoms in total. The fraction of sp³-hybridized carbons (Fsp3) is 0.194. The maximum atomic E-state index is 13.7. The number of carbonyl (C=O) groups is 1. The Labute approximate surface area is 229 Å². The van der Waals surface area contributed by atoms with Crippen LogP contribution >= 0.6 is 11.3 Å². The van der Waals surface area contributed by atoms with Crippen LogP contribution in [-0.2, 0) is 16.1 Å². The van der Waals surface area contributed by atoms with Gasteiger partial charge in [-0.15, -0.1) is 0 Å². The number of methoxy groups -OCH3 is 1. The number of rotatable bonds is 8. The summed E-state index contributed by atoms with van der Waals surface area (Å²) in [7, 11) is 1.59. The Balaban J connectivity index is 1.51. The van der Waals surface area contributed by atoms with Crippen molar-refractivity contribution in [2.75, 3.05) is 13.7 Å². The second-order valence-electron chi connectivity index (χ2n) is 8.92. The average molecular weight is 541 g/mol. The first-order valence-electron chi connectivity index (χ1n) is 12.6. The summed E-state index contributed by atoms with van der Waals surface area (Å²) < 4.78 is 18.6. The molecule has 1 aromatic heterocycles. The molecular formula is C31H28N2O5S. The molecule has 1 aliphatic heterocycles. The first-order chi connectivity index (χ1) is 19.0. The number of hydrogen-bond donors (Lipinski definition) is 0. The number of benzene rings is 3. The van der Waals surface area contributed by atoms with Crippen molar-refractivity contribution in [1.82, 2.24) is 4.57 Å². The van der Waals surface area contributed by atoms with Crippen molar-refractivity contribution in [3.05, 3.63) is 127 Å². The van der Waals surface area contributed by atoms with Gasteiger partial charge < -0.3 is 14.2 Å². The standard InChI is InChI=1S/C31H28N2O5S/c1-4-37-30(35)27-20(2)32-31-33(28(27)23-12-16-24(36-3)17-13-23)29(34)26(39-31)18-21-10-14-25(15-11-21)38-19-22-8-6-5-7-9-22/h5-18,28H,4,19H2,1-3H3/b26-18-/t28-/m0/s1. The topological polar surface area (TPSA) is 79.1 Å². The molecule has 0 saturated heterocycles. The Kier molecular flexibility index (Phi) is 7.74. The van der Waals surface area contributed by atoms with Gasteiger partial charge in [0, 0.05) is 0 Å². The lowest BCUT2D eigenvalue weighted by molar-refractivity contribution is -0.139. The van der Waals surface area contributed by atoms with Crippen molar-refractivity contribution in [2.45, 2.75) is 26.5 Å². The number of allylic oxidation sites excluding steroid dienone is 1. The van der Waals surface area contributed by atoms with Gasteiger partial charge in [-0.2, -0.15) is 0 Å². The predicted octanol–water partition coefficient (Wildman–Crippen LogP) is 4.39. The fourth-order valence-electron chi connectivity index (χ4n) is 4.45. The third kappa shape index (κ3) is 5.56. The molecule has 0 amide bonds. The third-order valence-electron chi connectivity index (χ3n) is 6.37. The molecule has 0 aliphatic carbocycles. The van der Waals surface area contributed by atoms with Gasteiger partial charge in [-0.3, -0.25) is 9.36 Å². The van der Waals surface area contributed by atoms with Crippen LogP contribution in [-0.4, -0.2) is 24.3 Å². The summed E-state index contributed by atoms with van der Waals surface area (Å²) >= 11 is 1.29. The van der Waals surface area contributed by atoms with Gasteiger partial charge in [-0.25, -0.2) is 9.79 Å². The van der Waals surface area contributed by atoms with Gasteiger partial charge in [0.05, 0.1) is 35.6 Å². The third-order valence-corrected chi connectivity index (χ3v) is 7.36. The van der Waals surface area contributed by atoms with Crippen LogP contribution in [0.15, 0.2) is 99.9 Å². The summed E-state index contributed by atoms with van der Waals surface area (Å²) in [4.78, 5) is 31.9. The predicted molar refractivity (Wildman–Crippen MR) is 151 cm³/mol. The number of ether oxygens (including phenoxy) is 3. The Morgan fingerprint density at radius 2 is 1.69 bits per heavy atom. The van der Waals surface area contributed by atoms with E-state index in [9.17, 15) is 9.59 Å². The smallest absolute Gasteiger partial charge is 0.338 e. The van der Waals surface area contributed by atoms with Crippen LogP contribution < -0.4 is 24.4 Å². The number of fused-ring (bicyclic) bond motifs is 1. The molecule has 0 saturated carbocycles. The largest absolute Gasteiger partial charge is 0.497 e. The van der Waals surface area contributed by atoms with E-state index >= 15 is 0 Å². The lowest BCUT2D eigenvalue weighted by Gasteiger charge is -2.24. The van der Waals surface area contributed by atoms with Crippen LogP contribution in [0.4, 0.5) is 0 Å². The highest BCUT2D eigenvalue weighted by Crippen LogP contribution is 2.31. The fourth-order valence-corrected chi connectivity index (χ4v) is 5.49. The van der Waals surface area contributed by atoms with Crippen LogP contribution in [0.3, 0.4) is 0 Å². The van der Waals surface area contributed by atoms with E-state index in [4.69, 9.17) is 14.2 Å². The molecule has 39 heavy (non-hydrogen) atoms. The monoisotopic (exact) mass is 540 g/mol. The summed E-state index contributed by atoms with van der Waals surface area (Å²) in [5, 5.41) is 0. The zero-order valence-corrected chi connectivity index (χ0v) is 22.7. The quantitative estimate of drug-likeness (QED) is 0.310. The van der Waals surface area contributed by atoms with E-state index in [0.717, 1.165) is 22.4 Å². The molecule has 0 unspecified atom stereocenters. The number of aromatic nitrogens is 1. The summed E-state index contributed by atoms with van der Waals surface area (Å²) in [6, 6.07) is 24.2. The second kappa shape index (κ2) is 11.5. The lowest BCUT2D eigenvalue weighted by atomic mass is 9.96. The van der Waals surface area contributed by atoms with Crippen molar-refractivity contribution in [3.8, 4) is 11.5 Å². The zero-order chi connectivity index (χ0) is 27.4. The van der Waals surface area contributed by atoms with E-state index in [2.05, 4.69) is 4.99 Å². The number of esters is 1. The minimum absolute atomic E-state index is 0.223. The molecule has 0 fully saturated rings. The molecule has 4 aromatic rings. The van der Waals surface area contributed by atoms with Gasteiger partial charge in [0.15, 0.2) is 4.80 Å². The molecule has 198 valence electrons. The molecule has 0 radical (unpaired) electrons. The Hall–Kier alpha value is -4.43. The van der Waals surface area contributed by atoms with Crippen LogP contribution in [0.1, 0.15) is 36.6 Å². The van der Waals surface area contributed by atoms with Gasteiger partial charge in [-0.1, -0.05) is 65.9 Å².